The van der Waals surface area contributed by atoms with Crippen LogP contribution in [0.5, 0.6) is 0 Å². The Morgan fingerprint density at radius 1 is 1.67 bits per heavy atom. The average molecular weight is 252 g/mol. The zero-order valence-electron chi connectivity index (χ0n) is 10.9. The fraction of sp³-hybridized carbons (Fsp3) is 0.667. The molecule has 1 amide bonds. The SMILES string of the molecule is COCC(=O)NC[C@H]1CCn2nccc2CN1C. The Bertz CT molecular complexity index is 405. The second kappa shape index (κ2) is 5.97. The Hall–Kier alpha value is -1.40. The summed E-state index contributed by atoms with van der Waals surface area (Å²) in [6.07, 6.45) is 2.82. The number of carbonyl (C=O) groups excluding carboxylic acids is 1. The third kappa shape index (κ3) is 3.08. The molecule has 6 heteroatoms. The lowest BCUT2D eigenvalue weighted by atomic mass is 10.2. The summed E-state index contributed by atoms with van der Waals surface area (Å²) in [6.45, 7) is 2.55. The molecule has 0 aromatic carbocycles. The van der Waals surface area contributed by atoms with E-state index in [9.17, 15) is 4.79 Å². The highest BCUT2D eigenvalue weighted by molar-refractivity contribution is 5.77. The first-order valence-corrected chi connectivity index (χ1v) is 6.17. The summed E-state index contributed by atoms with van der Waals surface area (Å²) >= 11 is 0. The van der Waals surface area contributed by atoms with Gasteiger partial charge in [0.15, 0.2) is 0 Å². The summed E-state index contributed by atoms with van der Waals surface area (Å²) < 4.78 is 6.83. The molecule has 0 saturated heterocycles. The van der Waals surface area contributed by atoms with Crippen LogP contribution in [0.4, 0.5) is 0 Å². The van der Waals surface area contributed by atoms with Gasteiger partial charge >= 0.3 is 0 Å². The maximum absolute atomic E-state index is 11.4. The highest BCUT2D eigenvalue weighted by Crippen LogP contribution is 2.14. The normalized spacial score (nSPS) is 20.2. The van der Waals surface area contributed by atoms with Crippen LogP contribution in [0.1, 0.15) is 12.1 Å². The van der Waals surface area contributed by atoms with Gasteiger partial charge in [-0.1, -0.05) is 0 Å². The predicted molar refractivity (Wildman–Crippen MR) is 67.0 cm³/mol. The molecule has 2 rings (SSSR count). The van der Waals surface area contributed by atoms with Crippen LogP contribution >= 0.6 is 0 Å². The van der Waals surface area contributed by atoms with E-state index < -0.39 is 0 Å². The van der Waals surface area contributed by atoms with Crippen LogP contribution in [0, 0.1) is 0 Å². The highest BCUT2D eigenvalue weighted by atomic mass is 16.5. The molecule has 1 aromatic rings. The molecule has 18 heavy (non-hydrogen) atoms. The number of ether oxygens (including phenoxy) is 1. The first-order valence-electron chi connectivity index (χ1n) is 6.17. The Morgan fingerprint density at radius 2 is 2.50 bits per heavy atom. The summed E-state index contributed by atoms with van der Waals surface area (Å²) in [4.78, 5) is 13.6. The molecule has 2 heterocycles. The molecule has 1 aliphatic heterocycles. The monoisotopic (exact) mass is 252 g/mol. The predicted octanol–water partition coefficient (Wildman–Crippen LogP) is -0.150. The van der Waals surface area contributed by atoms with E-state index in [4.69, 9.17) is 4.74 Å². The van der Waals surface area contributed by atoms with E-state index >= 15 is 0 Å². The Balaban J connectivity index is 1.87. The van der Waals surface area contributed by atoms with Crippen molar-refractivity contribution in [2.75, 3.05) is 27.3 Å². The van der Waals surface area contributed by atoms with Crippen molar-refractivity contribution >= 4 is 5.91 Å². The number of amides is 1. The highest BCUT2D eigenvalue weighted by Gasteiger charge is 2.21. The zero-order chi connectivity index (χ0) is 13.0. The van der Waals surface area contributed by atoms with Crippen molar-refractivity contribution in [3.63, 3.8) is 0 Å². The molecule has 0 unspecified atom stereocenters. The van der Waals surface area contributed by atoms with Gasteiger partial charge in [-0.25, -0.2) is 0 Å². The number of rotatable bonds is 4. The second-order valence-corrected chi connectivity index (χ2v) is 4.64. The van der Waals surface area contributed by atoms with E-state index in [1.807, 2.05) is 16.9 Å². The molecule has 0 spiro atoms. The lowest BCUT2D eigenvalue weighted by Gasteiger charge is -2.25. The van der Waals surface area contributed by atoms with Gasteiger partial charge in [-0.15, -0.1) is 0 Å². The molecule has 100 valence electrons. The number of carbonyl (C=O) groups is 1. The smallest absolute Gasteiger partial charge is 0.246 e. The van der Waals surface area contributed by atoms with E-state index in [0.717, 1.165) is 19.5 Å². The molecule has 1 aliphatic rings. The first kappa shape index (κ1) is 13.0. The van der Waals surface area contributed by atoms with Crippen LogP contribution in [0.3, 0.4) is 0 Å². The van der Waals surface area contributed by atoms with Crippen LogP contribution in [0.15, 0.2) is 12.3 Å². The molecule has 0 aliphatic carbocycles. The molecule has 0 bridgehead atoms. The second-order valence-electron chi connectivity index (χ2n) is 4.64. The van der Waals surface area contributed by atoms with Crippen LogP contribution in [-0.4, -0.2) is 53.9 Å². The van der Waals surface area contributed by atoms with Crippen LogP contribution < -0.4 is 5.32 Å². The number of aryl methyl sites for hydroxylation is 1. The van der Waals surface area contributed by atoms with Crippen molar-refractivity contribution in [3.8, 4) is 0 Å². The number of aromatic nitrogens is 2. The van der Waals surface area contributed by atoms with E-state index in [-0.39, 0.29) is 12.5 Å². The Kier molecular flexibility index (Phi) is 4.33. The average Bonchev–Trinajstić information content (AvgIpc) is 2.71. The standard InChI is InChI=1S/C12H20N4O2/c1-15-8-11-3-5-14-16(11)6-4-10(15)7-13-12(17)9-18-2/h3,5,10H,4,6-9H2,1-2H3,(H,13,17)/t10-/m1/s1. The lowest BCUT2D eigenvalue weighted by molar-refractivity contribution is -0.124. The molecule has 1 aromatic heterocycles. The fourth-order valence-electron chi connectivity index (χ4n) is 2.24. The van der Waals surface area contributed by atoms with Crippen LogP contribution in [-0.2, 0) is 22.6 Å². The Morgan fingerprint density at radius 3 is 3.28 bits per heavy atom. The van der Waals surface area contributed by atoms with E-state index in [1.54, 1.807) is 0 Å². The summed E-state index contributed by atoms with van der Waals surface area (Å²) in [6, 6.07) is 2.38. The van der Waals surface area contributed by atoms with Gasteiger partial charge in [-0.2, -0.15) is 5.10 Å². The van der Waals surface area contributed by atoms with Crippen LogP contribution in [0.2, 0.25) is 0 Å². The summed E-state index contributed by atoms with van der Waals surface area (Å²) in [5, 5.41) is 7.19. The molecular weight excluding hydrogens is 232 g/mol. The van der Waals surface area contributed by atoms with Crippen molar-refractivity contribution in [1.29, 1.82) is 0 Å². The van der Waals surface area contributed by atoms with Crippen molar-refractivity contribution in [2.45, 2.75) is 25.6 Å². The molecule has 6 nitrogen and oxygen atoms in total. The number of likely N-dealkylation sites (N-methyl/N-ethyl adjacent to an activating group) is 1. The third-order valence-electron chi connectivity index (χ3n) is 3.32. The van der Waals surface area contributed by atoms with E-state index in [1.165, 1.54) is 12.8 Å². The summed E-state index contributed by atoms with van der Waals surface area (Å²) in [5.41, 5.74) is 1.23. The lowest BCUT2D eigenvalue weighted by Crippen LogP contribution is -2.42. The quantitative estimate of drug-likeness (QED) is 0.809. The summed E-state index contributed by atoms with van der Waals surface area (Å²) in [7, 11) is 3.60. The first-order chi connectivity index (χ1) is 8.70. The number of fused-ring (bicyclic) bond motifs is 1. The fourth-order valence-corrected chi connectivity index (χ4v) is 2.24. The largest absolute Gasteiger partial charge is 0.375 e. The molecule has 1 atom stereocenters. The van der Waals surface area contributed by atoms with Crippen molar-refractivity contribution in [2.24, 2.45) is 0 Å². The molecular formula is C12H20N4O2. The number of hydrogen-bond donors (Lipinski definition) is 1. The topological polar surface area (TPSA) is 59.4 Å². The van der Waals surface area contributed by atoms with E-state index in [0.29, 0.717) is 12.6 Å². The van der Waals surface area contributed by atoms with Crippen molar-refractivity contribution < 1.29 is 9.53 Å². The van der Waals surface area contributed by atoms with Gasteiger partial charge < -0.3 is 10.1 Å². The van der Waals surface area contributed by atoms with Gasteiger partial charge in [0.1, 0.15) is 6.61 Å². The number of methoxy groups -OCH3 is 1. The maximum Gasteiger partial charge on any atom is 0.246 e. The van der Waals surface area contributed by atoms with Crippen molar-refractivity contribution in [1.82, 2.24) is 20.0 Å². The molecule has 0 saturated carbocycles. The van der Waals surface area contributed by atoms with Crippen LogP contribution in [0.25, 0.3) is 0 Å². The zero-order valence-corrected chi connectivity index (χ0v) is 10.9. The van der Waals surface area contributed by atoms with E-state index in [2.05, 4.69) is 22.4 Å². The maximum atomic E-state index is 11.4. The van der Waals surface area contributed by atoms with Gasteiger partial charge in [0.2, 0.25) is 5.91 Å². The van der Waals surface area contributed by atoms with Gasteiger partial charge in [-0.3, -0.25) is 14.4 Å². The van der Waals surface area contributed by atoms with Gasteiger partial charge in [0.05, 0.1) is 5.69 Å². The molecule has 1 N–H and O–H groups in total. The minimum atomic E-state index is -0.0621. The van der Waals surface area contributed by atoms with Crippen molar-refractivity contribution in [3.05, 3.63) is 18.0 Å². The number of hydrogen-bond acceptors (Lipinski definition) is 4. The summed E-state index contributed by atoms with van der Waals surface area (Å²) in [5.74, 6) is -0.0621. The minimum Gasteiger partial charge on any atom is -0.375 e. The van der Waals surface area contributed by atoms with Gasteiger partial charge in [-0.05, 0) is 19.5 Å². The molecule has 0 radical (unpaired) electrons. The number of nitrogens with zero attached hydrogens (tertiary/aromatic N) is 3. The molecule has 0 fully saturated rings. The number of nitrogens with one attached hydrogen (secondary N) is 1. The third-order valence-corrected chi connectivity index (χ3v) is 3.32. The van der Waals surface area contributed by atoms with Gasteiger partial charge in [0, 0.05) is 39.0 Å². The van der Waals surface area contributed by atoms with Gasteiger partial charge in [0.25, 0.3) is 0 Å². The minimum absolute atomic E-state index is 0.0621. The Labute approximate surface area is 107 Å².